The van der Waals surface area contributed by atoms with Crippen LogP contribution in [0.1, 0.15) is 44.9 Å². The minimum Gasteiger partial charge on any atom is -0.442 e. The summed E-state index contributed by atoms with van der Waals surface area (Å²) >= 11 is 6.44. The Bertz CT molecular complexity index is 1450. The van der Waals surface area contributed by atoms with Crippen molar-refractivity contribution in [3.63, 3.8) is 0 Å². The van der Waals surface area contributed by atoms with Gasteiger partial charge >= 0.3 is 6.09 Å². The Kier molecular flexibility index (Phi) is 11.1. The zero-order valence-corrected chi connectivity index (χ0v) is 24.0. The molecule has 39 heavy (non-hydrogen) atoms. The molecule has 5 rings (SSSR count). The van der Waals surface area contributed by atoms with Crippen molar-refractivity contribution in [3.05, 3.63) is 60.2 Å². The summed E-state index contributed by atoms with van der Waals surface area (Å²) < 4.78 is 11.6. The van der Waals surface area contributed by atoms with Gasteiger partial charge in [-0.25, -0.2) is 24.7 Å². The van der Waals surface area contributed by atoms with Crippen LogP contribution in [0, 0.1) is 11.8 Å². The molecule has 0 amide bonds. The molecule has 0 unspecified atom stereocenters. The van der Waals surface area contributed by atoms with Crippen molar-refractivity contribution in [3.8, 4) is 23.4 Å². The Hall–Kier alpha value is -3.66. The molecule has 10 nitrogen and oxygen atoms in total. The fourth-order valence-corrected chi connectivity index (χ4v) is 3.36. The van der Waals surface area contributed by atoms with Gasteiger partial charge in [-0.05, 0) is 69.9 Å². The maximum atomic E-state index is 12.3. The van der Waals surface area contributed by atoms with Crippen molar-refractivity contribution in [2.24, 2.45) is 0 Å². The number of benzene rings is 1. The number of rotatable bonds is 2. The number of hydrogen-bond acceptors (Lipinski definition) is 11. The molecule has 1 saturated heterocycles. The maximum Gasteiger partial charge on any atom is 0.435 e. The summed E-state index contributed by atoms with van der Waals surface area (Å²) in [6.45, 7) is 7.44. The van der Waals surface area contributed by atoms with Crippen molar-refractivity contribution < 1.29 is 14.3 Å². The van der Waals surface area contributed by atoms with Crippen molar-refractivity contribution in [1.29, 1.82) is 0 Å². The minimum atomic E-state index is -0.600. The summed E-state index contributed by atoms with van der Waals surface area (Å²) in [6.07, 6.45) is 6.93. The summed E-state index contributed by atoms with van der Waals surface area (Å²) in [5.74, 6) is 7.09. The van der Waals surface area contributed by atoms with Crippen LogP contribution in [0.25, 0.3) is 22.4 Å². The number of thiol groups is 2. The van der Waals surface area contributed by atoms with Crippen molar-refractivity contribution in [1.82, 2.24) is 29.7 Å². The Morgan fingerprint density at radius 3 is 2.46 bits per heavy atom. The quantitative estimate of drug-likeness (QED) is 0.174. The number of fused-ring (bicyclic) bond motifs is 1. The number of carbonyl (C=O) groups excluding carboxylic acids is 1. The lowest BCUT2D eigenvalue weighted by Crippen LogP contribution is -2.27. The van der Waals surface area contributed by atoms with E-state index in [1.165, 1.54) is 17.5 Å². The lowest BCUT2D eigenvalue weighted by atomic mass is 10.1. The number of aromatic nitrogens is 6. The third-order valence-corrected chi connectivity index (χ3v) is 5.06. The minimum absolute atomic E-state index is 0.463. The van der Waals surface area contributed by atoms with E-state index in [4.69, 9.17) is 9.47 Å². The lowest BCUT2D eigenvalue weighted by molar-refractivity contribution is 0.0522. The van der Waals surface area contributed by atoms with E-state index in [2.05, 4.69) is 65.5 Å². The molecule has 0 spiro atoms. The Balaban J connectivity index is 0.000000530. The van der Waals surface area contributed by atoms with Crippen LogP contribution in [0.4, 0.5) is 10.7 Å². The molecule has 0 aliphatic carbocycles. The molecule has 0 saturated carbocycles. The molecule has 12 heteroatoms. The molecule has 1 aliphatic rings. The van der Waals surface area contributed by atoms with Gasteiger partial charge in [0.25, 0.3) is 0 Å². The van der Waals surface area contributed by atoms with Crippen LogP contribution in [0.2, 0.25) is 0 Å². The monoisotopic (exact) mass is 565 g/mol. The van der Waals surface area contributed by atoms with E-state index in [1.807, 2.05) is 32.9 Å². The van der Waals surface area contributed by atoms with Crippen molar-refractivity contribution in [2.45, 2.75) is 39.2 Å². The normalized spacial score (nSPS) is 12.3. The molecule has 0 bridgehead atoms. The second-order valence-corrected chi connectivity index (χ2v) is 9.16. The standard InChI is InChI=1S/C23H21N7O2.C4H8O.H2S2/c1-23(2,3)32-22(31)30-19-8-6-15(13-16(19)14-27-30)5-7-17-9-11-25-20(28-17)18-10-12-26-21(24-4)29-18;1-2-4-5-3-1;1-2/h6,8-14H,1-4H3,(H,24,26,29);1-4H2;1-2H. The van der Waals surface area contributed by atoms with Gasteiger partial charge in [0.15, 0.2) is 5.82 Å². The number of ether oxygens (including phenoxy) is 2. The van der Waals surface area contributed by atoms with Crippen LogP contribution in [-0.2, 0) is 9.47 Å². The molecular weight excluding hydrogens is 534 g/mol. The SMILES string of the molecule is C1CCOC1.CNc1nccc(-c2nccc(C#Cc3ccc4c(cnn4C(=O)OC(C)(C)C)c3)n2)n1.SS. The molecule has 1 aromatic carbocycles. The van der Waals surface area contributed by atoms with Gasteiger partial charge in [0.1, 0.15) is 17.0 Å². The molecule has 4 aromatic rings. The van der Waals surface area contributed by atoms with Crippen LogP contribution >= 0.6 is 23.3 Å². The van der Waals surface area contributed by atoms with E-state index in [9.17, 15) is 4.79 Å². The van der Waals surface area contributed by atoms with Gasteiger partial charge in [-0.3, -0.25) is 0 Å². The van der Waals surface area contributed by atoms with Crippen molar-refractivity contribution in [2.75, 3.05) is 25.6 Å². The lowest BCUT2D eigenvalue weighted by Gasteiger charge is -2.19. The summed E-state index contributed by atoms with van der Waals surface area (Å²) in [6, 6.07) is 8.95. The van der Waals surface area contributed by atoms with E-state index in [-0.39, 0.29) is 0 Å². The highest BCUT2D eigenvalue weighted by atomic mass is 33.1. The van der Waals surface area contributed by atoms with Crippen LogP contribution in [0.5, 0.6) is 0 Å². The third-order valence-electron chi connectivity index (χ3n) is 5.06. The number of hydrogen-bond donors (Lipinski definition) is 3. The Morgan fingerprint density at radius 2 is 1.79 bits per heavy atom. The largest absolute Gasteiger partial charge is 0.442 e. The third kappa shape index (κ3) is 8.95. The van der Waals surface area contributed by atoms with Gasteiger partial charge in [-0.15, -0.1) is 23.3 Å². The average molecular weight is 566 g/mol. The topological polar surface area (TPSA) is 117 Å². The van der Waals surface area contributed by atoms with Gasteiger partial charge in [0.05, 0.1) is 11.7 Å². The highest BCUT2D eigenvalue weighted by molar-refractivity contribution is 8.59. The Morgan fingerprint density at radius 1 is 1.05 bits per heavy atom. The van der Waals surface area contributed by atoms with Gasteiger partial charge in [-0.1, -0.05) is 5.92 Å². The van der Waals surface area contributed by atoms with Crippen molar-refractivity contribution >= 4 is 46.3 Å². The van der Waals surface area contributed by atoms with E-state index in [0.29, 0.717) is 28.7 Å². The molecular formula is C27H31N7O3S2. The van der Waals surface area contributed by atoms with E-state index < -0.39 is 11.7 Å². The van der Waals surface area contributed by atoms with Crippen LogP contribution in [-0.4, -0.2) is 61.7 Å². The van der Waals surface area contributed by atoms with Crippen LogP contribution in [0.15, 0.2) is 48.9 Å². The van der Waals surface area contributed by atoms with E-state index in [1.54, 1.807) is 43.8 Å². The fourth-order valence-electron chi connectivity index (χ4n) is 3.36. The zero-order valence-electron chi connectivity index (χ0n) is 22.2. The first-order valence-corrected chi connectivity index (χ1v) is 13.8. The number of nitrogens with one attached hydrogen (secondary N) is 1. The van der Waals surface area contributed by atoms with Gasteiger partial charge in [0, 0.05) is 43.6 Å². The summed E-state index contributed by atoms with van der Waals surface area (Å²) in [7, 11) is 1.75. The molecule has 1 aliphatic heterocycles. The fraction of sp³-hybridized carbons (Fsp3) is 0.333. The van der Waals surface area contributed by atoms with Gasteiger partial charge < -0.3 is 14.8 Å². The predicted octanol–water partition coefficient (Wildman–Crippen LogP) is 5.07. The molecule has 4 heterocycles. The van der Waals surface area contributed by atoms with Crippen LogP contribution in [0.3, 0.4) is 0 Å². The first-order valence-electron chi connectivity index (χ1n) is 12.2. The molecule has 1 fully saturated rings. The van der Waals surface area contributed by atoms with Gasteiger partial charge in [-0.2, -0.15) is 9.78 Å². The molecule has 0 atom stereocenters. The number of anilines is 1. The van der Waals surface area contributed by atoms with Crippen LogP contribution < -0.4 is 5.32 Å². The predicted molar refractivity (Wildman–Crippen MR) is 158 cm³/mol. The highest BCUT2D eigenvalue weighted by Crippen LogP contribution is 2.18. The second kappa shape index (κ2) is 14.5. The zero-order chi connectivity index (χ0) is 28.3. The molecule has 3 aromatic heterocycles. The summed E-state index contributed by atoms with van der Waals surface area (Å²) in [4.78, 5) is 29.5. The molecule has 204 valence electrons. The number of carbonyl (C=O) groups is 1. The first-order chi connectivity index (χ1) is 18.8. The van der Waals surface area contributed by atoms with E-state index in [0.717, 1.165) is 24.2 Å². The molecule has 1 N–H and O–H groups in total. The molecule has 0 radical (unpaired) electrons. The van der Waals surface area contributed by atoms with Gasteiger partial charge in [0.2, 0.25) is 5.95 Å². The number of nitrogens with zero attached hydrogens (tertiary/aromatic N) is 6. The first kappa shape index (κ1) is 29.9. The second-order valence-electron chi connectivity index (χ2n) is 9.16. The summed E-state index contributed by atoms with van der Waals surface area (Å²) in [5, 5.41) is 7.83. The van der Waals surface area contributed by atoms with E-state index >= 15 is 0 Å². The average Bonchev–Trinajstić information content (AvgIpc) is 3.66. The summed E-state index contributed by atoms with van der Waals surface area (Å²) in [5.41, 5.74) is 1.98. The Labute approximate surface area is 238 Å². The highest BCUT2D eigenvalue weighted by Gasteiger charge is 2.20. The maximum absolute atomic E-state index is 12.3. The smallest absolute Gasteiger partial charge is 0.435 e.